The summed E-state index contributed by atoms with van der Waals surface area (Å²) in [5, 5.41) is 0.559. The highest BCUT2D eigenvalue weighted by Gasteiger charge is 2.18. The molecule has 0 bridgehead atoms. The molecule has 0 aliphatic carbocycles. The van der Waals surface area contributed by atoms with Crippen molar-refractivity contribution in [1.29, 1.82) is 0 Å². The Morgan fingerprint density at radius 1 is 1.14 bits per heavy atom. The lowest BCUT2D eigenvalue weighted by Crippen LogP contribution is -2.31. The second-order valence-corrected chi connectivity index (χ2v) is 5.80. The highest BCUT2D eigenvalue weighted by atomic mass is 19.1. The molecule has 1 aromatic carbocycles. The summed E-state index contributed by atoms with van der Waals surface area (Å²) in [5.74, 6) is -1.15. The molecular formula is C17H21F2N3. The van der Waals surface area contributed by atoms with Gasteiger partial charge in [0.25, 0.3) is 0 Å². The summed E-state index contributed by atoms with van der Waals surface area (Å²) in [6.45, 7) is 7.12. The van der Waals surface area contributed by atoms with Gasteiger partial charge in [-0.1, -0.05) is 6.92 Å². The van der Waals surface area contributed by atoms with Crippen LogP contribution >= 0.6 is 0 Å². The normalized spacial score (nSPS) is 17.0. The molecule has 118 valence electrons. The quantitative estimate of drug-likeness (QED) is 0.866. The Kier molecular flexibility index (Phi) is 4.52. The second-order valence-electron chi connectivity index (χ2n) is 5.80. The van der Waals surface area contributed by atoms with Crippen molar-refractivity contribution in [3.8, 4) is 0 Å². The Bertz CT molecular complexity index is 660. The predicted molar refractivity (Wildman–Crippen MR) is 85.2 cm³/mol. The van der Waals surface area contributed by atoms with E-state index >= 15 is 0 Å². The molecule has 1 fully saturated rings. The largest absolute Gasteiger partial charge is 0.370 e. The molecule has 0 spiro atoms. The second kappa shape index (κ2) is 6.57. The third-order valence-electron chi connectivity index (χ3n) is 4.21. The molecule has 1 saturated heterocycles. The monoisotopic (exact) mass is 305 g/mol. The van der Waals surface area contributed by atoms with Gasteiger partial charge in [0.1, 0.15) is 11.3 Å². The van der Waals surface area contributed by atoms with E-state index in [0.29, 0.717) is 5.39 Å². The van der Waals surface area contributed by atoms with Crippen molar-refractivity contribution < 1.29 is 8.78 Å². The third kappa shape index (κ3) is 3.04. The van der Waals surface area contributed by atoms with Gasteiger partial charge in [0.05, 0.1) is 0 Å². The molecule has 2 aromatic rings. The van der Waals surface area contributed by atoms with Crippen molar-refractivity contribution in [2.75, 3.05) is 37.6 Å². The lowest BCUT2D eigenvalue weighted by atomic mass is 10.1. The average molecular weight is 305 g/mol. The minimum atomic E-state index is -0.598. The molecule has 0 N–H and O–H groups in total. The van der Waals surface area contributed by atoms with Gasteiger partial charge in [-0.15, -0.1) is 0 Å². The zero-order valence-electron chi connectivity index (χ0n) is 12.9. The van der Waals surface area contributed by atoms with Gasteiger partial charge in [0, 0.05) is 43.0 Å². The number of pyridine rings is 1. The Morgan fingerprint density at radius 3 is 2.82 bits per heavy atom. The van der Waals surface area contributed by atoms with Crippen molar-refractivity contribution in [2.24, 2.45) is 0 Å². The SMILES string of the molecule is CCCN1CCCN(c2ccnc3c(F)cc(F)cc23)CC1. The maximum absolute atomic E-state index is 13.9. The molecule has 22 heavy (non-hydrogen) atoms. The number of nitrogens with zero attached hydrogens (tertiary/aromatic N) is 3. The number of anilines is 1. The summed E-state index contributed by atoms with van der Waals surface area (Å²) in [4.78, 5) is 8.74. The van der Waals surface area contributed by atoms with Gasteiger partial charge in [0.2, 0.25) is 0 Å². The zero-order valence-corrected chi connectivity index (χ0v) is 12.9. The van der Waals surface area contributed by atoms with Crippen LogP contribution in [0.25, 0.3) is 10.9 Å². The van der Waals surface area contributed by atoms with E-state index in [-0.39, 0.29) is 5.52 Å². The maximum atomic E-state index is 13.9. The maximum Gasteiger partial charge on any atom is 0.152 e. The van der Waals surface area contributed by atoms with Crippen LogP contribution in [-0.4, -0.2) is 42.6 Å². The van der Waals surface area contributed by atoms with E-state index in [4.69, 9.17) is 0 Å². The van der Waals surface area contributed by atoms with E-state index < -0.39 is 11.6 Å². The van der Waals surface area contributed by atoms with Crippen LogP contribution in [0, 0.1) is 11.6 Å². The molecule has 1 aliphatic rings. The number of rotatable bonds is 3. The van der Waals surface area contributed by atoms with E-state index in [1.807, 2.05) is 6.07 Å². The topological polar surface area (TPSA) is 19.4 Å². The standard InChI is InChI=1S/C17H21F2N3/c1-2-6-21-7-3-8-22(10-9-21)16-4-5-20-17-14(16)11-13(18)12-15(17)19/h4-5,11-12H,2-3,6-10H2,1H3. The fourth-order valence-electron chi connectivity index (χ4n) is 3.19. The summed E-state index contributed by atoms with van der Waals surface area (Å²) in [7, 11) is 0. The third-order valence-corrected chi connectivity index (χ3v) is 4.21. The molecule has 2 heterocycles. The van der Waals surface area contributed by atoms with Gasteiger partial charge < -0.3 is 9.80 Å². The molecule has 3 nitrogen and oxygen atoms in total. The van der Waals surface area contributed by atoms with E-state index in [1.54, 1.807) is 6.20 Å². The van der Waals surface area contributed by atoms with Gasteiger partial charge in [0.15, 0.2) is 5.82 Å². The van der Waals surface area contributed by atoms with Crippen LogP contribution in [0.4, 0.5) is 14.5 Å². The predicted octanol–water partition coefficient (Wildman–Crippen LogP) is 3.44. The summed E-state index contributed by atoms with van der Waals surface area (Å²) in [6.07, 6.45) is 3.81. The highest BCUT2D eigenvalue weighted by Crippen LogP contribution is 2.28. The van der Waals surface area contributed by atoms with E-state index in [9.17, 15) is 8.78 Å². The first kappa shape index (κ1) is 15.2. The molecule has 0 amide bonds. The molecule has 0 radical (unpaired) electrons. The van der Waals surface area contributed by atoms with Crippen LogP contribution in [0.2, 0.25) is 0 Å². The molecule has 3 rings (SSSR count). The minimum absolute atomic E-state index is 0.244. The van der Waals surface area contributed by atoms with Crippen molar-refractivity contribution in [2.45, 2.75) is 19.8 Å². The van der Waals surface area contributed by atoms with Crippen LogP contribution in [0.15, 0.2) is 24.4 Å². The number of hydrogen-bond acceptors (Lipinski definition) is 3. The van der Waals surface area contributed by atoms with Crippen molar-refractivity contribution >= 4 is 16.6 Å². The zero-order chi connectivity index (χ0) is 15.5. The van der Waals surface area contributed by atoms with Crippen LogP contribution < -0.4 is 4.90 Å². The van der Waals surface area contributed by atoms with Crippen LogP contribution in [0.5, 0.6) is 0 Å². The van der Waals surface area contributed by atoms with Crippen LogP contribution in [0.3, 0.4) is 0 Å². The summed E-state index contributed by atoms with van der Waals surface area (Å²) < 4.78 is 27.5. The first-order valence-corrected chi connectivity index (χ1v) is 7.90. The molecule has 5 heteroatoms. The Balaban J connectivity index is 1.93. The van der Waals surface area contributed by atoms with Gasteiger partial charge in [-0.3, -0.25) is 4.98 Å². The molecular weight excluding hydrogens is 284 g/mol. The number of halogens is 2. The Hall–Kier alpha value is -1.75. The molecule has 1 aliphatic heterocycles. The van der Waals surface area contributed by atoms with Gasteiger partial charge in [-0.25, -0.2) is 8.78 Å². The number of hydrogen-bond donors (Lipinski definition) is 0. The summed E-state index contributed by atoms with van der Waals surface area (Å²) >= 11 is 0. The first-order chi connectivity index (χ1) is 10.7. The minimum Gasteiger partial charge on any atom is -0.370 e. The fourth-order valence-corrected chi connectivity index (χ4v) is 3.19. The molecule has 0 unspecified atom stereocenters. The highest BCUT2D eigenvalue weighted by molar-refractivity contribution is 5.92. The van der Waals surface area contributed by atoms with Crippen molar-refractivity contribution in [1.82, 2.24) is 9.88 Å². The van der Waals surface area contributed by atoms with Gasteiger partial charge >= 0.3 is 0 Å². The first-order valence-electron chi connectivity index (χ1n) is 7.90. The van der Waals surface area contributed by atoms with Gasteiger partial charge in [-0.2, -0.15) is 0 Å². The lowest BCUT2D eigenvalue weighted by molar-refractivity contribution is 0.294. The Morgan fingerprint density at radius 2 is 2.00 bits per heavy atom. The molecule has 0 atom stereocenters. The number of fused-ring (bicyclic) bond motifs is 1. The van der Waals surface area contributed by atoms with Crippen molar-refractivity contribution in [3.05, 3.63) is 36.0 Å². The van der Waals surface area contributed by atoms with Crippen LogP contribution in [0.1, 0.15) is 19.8 Å². The Labute approximate surface area is 129 Å². The number of benzene rings is 1. The van der Waals surface area contributed by atoms with Gasteiger partial charge in [-0.05, 0) is 38.1 Å². The van der Waals surface area contributed by atoms with Crippen LogP contribution in [-0.2, 0) is 0 Å². The van der Waals surface area contributed by atoms with E-state index in [1.165, 1.54) is 6.07 Å². The van der Waals surface area contributed by atoms with Crippen molar-refractivity contribution in [3.63, 3.8) is 0 Å². The van der Waals surface area contributed by atoms with E-state index in [0.717, 1.165) is 57.3 Å². The number of aromatic nitrogens is 1. The average Bonchev–Trinajstić information content (AvgIpc) is 2.73. The lowest BCUT2D eigenvalue weighted by Gasteiger charge is -2.24. The molecule has 0 saturated carbocycles. The summed E-state index contributed by atoms with van der Waals surface area (Å²) in [6, 6.07) is 4.14. The fraction of sp³-hybridized carbons (Fsp3) is 0.471. The van der Waals surface area contributed by atoms with E-state index in [2.05, 4.69) is 21.7 Å². The summed E-state index contributed by atoms with van der Waals surface area (Å²) in [5.41, 5.74) is 1.12. The smallest absolute Gasteiger partial charge is 0.152 e. The molecule has 1 aromatic heterocycles.